The average Bonchev–Trinajstić information content (AvgIpc) is 2.71. The fourth-order valence-corrected chi connectivity index (χ4v) is 1.69. The average molecular weight is 257 g/mol. The van der Waals surface area contributed by atoms with Gasteiger partial charge in [0.25, 0.3) is 0 Å². The van der Waals surface area contributed by atoms with E-state index in [-0.39, 0.29) is 0 Å². The first kappa shape index (κ1) is 9.48. The highest BCUT2D eigenvalue weighted by molar-refractivity contribution is 9.10. The number of aromatic nitrogens is 1. The van der Waals surface area contributed by atoms with E-state index in [0.717, 1.165) is 11.3 Å². The highest BCUT2D eigenvalue weighted by Gasteiger charge is 2.12. The van der Waals surface area contributed by atoms with Crippen molar-refractivity contribution in [1.29, 1.82) is 0 Å². The Morgan fingerprint density at radius 3 is 2.79 bits per heavy atom. The molecule has 2 heterocycles. The predicted molar refractivity (Wildman–Crippen MR) is 54.5 cm³/mol. The van der Waals surface area contributed by atoms with Crippen LogP contribution in [0, 0.1) is 6.92 Å². The molecule has 74 valence electrons. The smallest absolute Gasteiger partial charge is 0.208 e. The van der Waals surface area contributed by atoms with Gasteiger partial charge in [0.15, 0.2) is 10.4 Å². The molecule has 14 heavy (non-hydrogen) atoms. The molecular weight excluding hydrogens is 248 g/mol. The topological polar surface area (TPSA) is 65.2 Å². The van der Waals surface area contributed by atoms with Crippen molar-refractivity contribution in [1.82, 2.24) is 4.98 Å². The molecule has 0 amide bonds. The maximum Gasteiger partial charge on any atom is 0.208 e. The lowest BCUT2D eigenvalue weighted by Gasteiger charge is -1.90. The second kappa shape index (κ2) is 3.59. The molecule has 0 bridgehead atoms. The van der Waals surface area contributed by atoms with Crippen molar-refractivity contribution >= 4 is 15.9 Å². The molecule has 0 aliphatic carbocycles. The second-order valence-corrected chi connectivity index (χ2v) is 3.62. The number of hydrogen-bond acceptors (Lipinski definition) is 4. The highest BCUT2D eigenvalue weighted by Crippen LogP contribution is 2.29. The molecule has 4 nitrogen and oxygen atoms in total. The third-order valence-corrected chi connectivity index (χ3v) is 2.27. The van der Waals surface area contributed by atoms with Crippen molar-refractivity contribution in [3.05, 3.63) is 28.6 Å². The summed E-state index contributed by atoms with van der Waals surface area (Å²) in [6.07, 6.45) is 1.65. The van der Waals surface area contributed by atoms with Gasteiger partial charge in [-0.2, -0.15) is 0 Å². The predicted octanol–water partition coefficient (Wildman–Crippen LogP) is 2.46. The summed E-state index contributed by atoms with van der Waals surface area (Å²) in [5, 5.41) is 0. The molecule has 0 unspecified atom stereocenters. The molecular formula is C9H9BrN2O2. The summed E-state index contributed by atoms with van der Waals surface area (Å²) in [5.74, 6) is 1.99. The monoisotopic (exact) mass is 256 g/mol. The van der Waals surface area contributed by atoms with Crippen LogP contribution in [-0.2, 0) is 6.54 Å². The number of halogens is 1. The van der Waals surface area contributed by atoms with Crippen molar-refractivity contribution in [2.75, 3.05) is 0 Å². The van der Waals surface area contributed by atoms with Gasteiger partial charge in [0.05, 0.1) is 18.3 Å². The van der Waals surface area contributed by atoms with Crippen LogP contribution in [0.4, 0.5) is 0 Å². The molecule has 2 aromatic heterocycles. The first-order valence-electron chi connectivity index (χ1n) is 4.12. The molecule has 0 atom stereocenters. The summed E-state index contributed by atoms with van der Waals surface area (Å²) in [6, 6.07) is 1.84. The van der Waals surface area contributed by atoms with Crippen LogP contribution in [0.5, 0.6) is 0 Å². The Morgan fingerprint density at radius 1 is 1.50 bits per heavy atom. The van der Waals surface area contributed by atoms with Crippen molar-refractivity contribution in [3.8, 4) is 11.3 Å². The Hall–Kier alpha value is -1.07. The minimum absolute atomic E-state index is 0.304. The summed E-state index contributed by atoms with van der Waals surface area (Å²) in [4.78, 5) is 4.01. The Balaban J connectivity index is 2.43. The van der Waals surface area contributed by atoms with Crippen LogP contribution in [0.25, 0.3) is 11.3 Å². The molecule has 5 heteroatoms. The van der Waals surface area contributed by atoms with Crippen molar-refractivity contribution < 1.29 is 8.83 Å². The van der Waals surface area contributed by atoms with Crippen LogP contribution in [0.1, 0.15) is 11.7 Å². The number of nitrogens with two attached hydrogens (primary N) is 1. The van der Waals surface area contributed by atoms with Crippen LogP contribution in [0.3, 0.4) is 0 Å². The van der Waals surface area contributed by atoms with E-state index in [9.17, 15) is 0 Å². The maximum absolute atomic E-state index is 5.40. The number of rotatable bonds is 2. The normalized spacial score (nSPS) is 10.8. The van der Waals surface area contributed by atoms with Gasteiger partial charge in [-0.25, -0.2) is 4.98 Å². The van der Waals surface area contributed by atoms with Gasteiger partial charge in [0.2, 0.25) is 5.89 Å². The first-order valence-corrected chi connectivity index (χ1v) is 4.91. The van der Waals surface area contributed by atoms with E-state index >= 15 is 0 Å². The van der Waals surface area contributed by atoms with Crippen molar-refractivity contribution in [2.24, 2.45) is 5.73 Å². The van der Waals surface area contributed by atoms with Gasteiger partial charge in [0.1, 0.15) is 5.76 Å². The van der Waals surface area contributed by atoms with Gasteiger partial charge in [-0.15, -0.1) is 0 Å². The van der Waals surface area contributed by atoms with Crippen LogP contribution in [0.2, 0.25) is 0 Å². The summed E-state index contributed by atoms with van der Waals surface area (Å²) in [7, 11) is 0. The SMILES string of the molecule is Cc1oc(Br)cc1-c1cnc(CN)o1. The van der Waals surface area contributed by atoms with E-state index in [4.69, 9.17) is 14.6 Å². The number of furan rings is 1. The zero-order chi connectivity index (χ0) is 10.1. The number of nitrogens with zero attached hydrogens (tertiary/aromatic N) is 1. The molecule has 0 aliphatic rings. The number of oxazole rings is 1. The molecule has 0 fully saturated rings. The molecule has 2 aromatic rings. The van der Waals surface area contributed by atoms with E-state index in [1.54, 1.807) is 6.20 Å². The van der Waals surface area contributed by atoms with Gasteiger partial charge in [0, 0.05) is 6.07 Å². The largest absolute Gasteiger partial charge is 0.454 e. The van der Waals surface area contributed by atoms with Gasteiger partial charge in [-0.05, 0) is 22.9 Å². The summed E-state index contributed by atoms with van der Waals surface area (Å²) >= 11 is 3.25. The minimum Gasteiger partial charge on any atom is -0.454 e. The van der Waals surface area contributed by atoms with Crippen LogP contribution in [-0.4, -0.2) is 4.98 Å². The third kappa shape index (κ3) is 1.60. The molecule has 0 spiro atoms. The molecule has 0 aliphatic heterocycles. The number of hydrogen-bond donors (Lipinski definition) is 1. The lowest BCUT2D eigenvalue weighted by atomic mass is 10.2. The standard InChI is InChI=1S/C9H9BrN2O2/c1-5-6(2-8(10)13-5)7-4-12-9(3-11)14-7/h2,4H,3,11H2,1H3. The molecule has 2 N–H and O–H groups in total. The van der Waals surface area contributed by atoms with E-state index in [0.29, 0.717) is 22.9 Å². The first-order chi connectivity index (χ1) is 6.70. The number of aryl methyl sites for hydroxylation is 1. The van der Waals surface area contributed by atoms with Crippen LogP contribution in [0.15, 0.2) is 25.8 Å². The Labute approximate surface area is 89.2 Å². The molecule has 0 aromatic carbocycles. The molecule has 0 saturated heterocycles. The Morgan fingerprint density at radius 2 is 2.29 bits per heavy atom. The lowest BCUT2D eigenvalue weighted by molar-refractivity contribution is 0.498. The van der Waals surface area contributed by atoms with Gasteiger partial charge in [-0.3, -0.25) is 0 Å². The molecule has 0 radical (unpaired) electrons. The lowest BCUT2D eigenvalue weighted by Crippen LogP contribution is -1.94. The van der Waals surface area contributed by atoms with Gasteiger partial charge in [-0.1, -0.05) is 0 Å². The van der Waals surface area contributed by atoms with Crippen molar-refractivity contribution in [3.63, 3.8) is 0 Å². The summed E-state index contributed by atoms with van der Waals surface area (Å²) < 4.78 is 11.4. The molecule has 2 rings (SSSR count). The maximum atomic E-state index is 5.40. The third-order valence-electron chi connectivity index (χ3n) is 1.88. The van der Waals surface area contributed by atoms with Gasteiger partial charge < -0.3 is 14.6 Å². The van der Waals surface area contributed by atoms with Crippen LogP contribution >= 0.6 is 15.9 Å². The fourth-order valence-electron chi connectivity index (χ4n) is 1.22. The zero-order valence-corrected chi connectivity index (χ0v) is 9.17. The van der Waals surface area contributed by atoms with Crippen molar-refractivity contribution in [2.45, 2.75) is 13.5 Å². The second-order valence-electron chi connectivity index (χ2n) is 2.84. The Bertz CT molecular complexity index is 447. The zero-order valence-electron chi connectivity index (χ0n) is 7.58. The summed E-state index contributed by atoms with van der Waals surface area (Å²) in [6.45, 7) is 2.17. The quantitative estimate of drug-likeness (QED) is 0.897. The van der Waals surface area contributed by atoms with E-state index in [1.165, 1.54) is 0 Å². The van der Waals surface area contributed by atoms with Gasteiger partial charge >= 0.3 is 0 Å². The van der Waals surface area contributed by atoms with E-state index < -0.39 is 0 Å². The molecule has 0 saturated carbocycles. The fraction of sp³-hybridized carbons (Fsp3) is 0.222. The highest BCUT2D eigenvalue weighted by atomic mass is 79.9. The van der Waals surface area contributed by atoms with E-state index in [2.05, 4.69) is 20.9 Å². The summed E-state index contributed by atoms with van der Waals surface area (Å²) in [5.41, 5.74) is 6.29. The van der Waals surface area contributed by atoms with Crippen LogP contribution < -0.4 is 5.73 Å². The minimum atomic E-state index is 0.304. The van der Waals surface area contributed by atoms with E-state index in [1.807, 2.05) is 13.0 Å². The Kier molecular flexibility index (Phi) is 2.43.